The number of nitrogens with two attached hydrogens (primary N) is 1. The van der Waals surface area contributed by atoms with Crippen LogP contribution in [0.3, 0.4) is 0 Å². The zero-order chi connectivity index (χ0) is 22.6. The van der Waals surface area contributed by atoms with Crippen LogP contribution in [0.25, 0.3) is 22.0 Å². The van der Waals surface area contributed by atoms with Gasteiger partial charge in [0.1, 0.15) is 23.9 Å². The molecule has 7 heteroatoms. The van der Waals surface area contributed by atoms with E-state index in [1.165, 1.54) is 0 Å². The van der Waals surface area contributed by atoms with E-state index >= 15 is 0 Å². The Kier molecular flexibility index (Phi) is 5.95. The molecule has 0 radical (unpaired) electrons. The zero-order valence-corrected chi connectivity index (χ0v) is 18.4. The number of hydrogen-bond donors (Lipinski definition) is 2. The van der Waals surface area contributed by atoms with Crippen LogP contribution in [0.4, 0.5) is 0 Å². The number of ether oxygens (including phenoxy) is 3. The maximum atomic E-state index is 6.61. The third kappa shape index (κ3) is 4.83. The zero-order valence-electron chi connectivity index (χ0n) is 18.4. The van der Waals surface area contributed by atoms with E-state index in [1.807, 2.05) is 49.5 Å². The molecule has 2 aromatic heterocycles. The molecule has 5 rings (SSSR count). The summed E-state index contributed by atoms with van der Waals surface area (Å²) in [4.78, 5) is 4.42. The molecule has 0 amide bonds. The summed E-state index contributed by atoms with van der Waals surface area (Å²) >= 11 is 0. The number of nitrogens with one attached hydrogen (secondary N) is 1. The first-order chi connectivity index (χ1) is 16.2. The maximum Gasteiger partial charge on any atom is 0.229 e. The van der Waals surface area contributed by atoms with Gasteiger partial charge in [0.25, 0.3) is 0 Å². The van der Waals surface area contributed by atoms with Gasteiger partial charge in [0.05, 0.1) is 11.7 Å². The van der Waals surface area contributed by atoms with Crippen LogP contribution in [0.15, 0.2) is 79.0 Å². The van der Waals surface area contributed by atoms with Crippen LogP contribution in [0.1, 0.15) is 17.7 Å². The van der Waals surface area contributed by atoms with Crippen LogP contribution in [-0.2, 0) is 15.9 Å². The SMILES string of the molecule is Cc1[nH]nc2ccc(-c3cncc(OC(CC4=COCO4)[C@@H](N)Cc4ccccc4)c3)cc12. The summed E-state index contributed by atoms with van der Waals surface area (Å²) < 4.78 is 17.1. The van der Waals surface area contributed by atoms with E-state index in [1.54, 1.807) is 12.5 Å². The van der Waals surface area contributed by atoms with E-state index in [0.717, 1.165) is 39.0 Å². The lowest BCUT2D eigenvalue weighted by molar-refractivity contribution is 0.0674. The Hall–Kier alpha value is -3.84. The fourth-order valence-corrected chi connectivity index (χ4v) is 4.01. The summed E-state index contributed by atoms with van der Waals surface area (Å²) in [6.45, 7) is 2.24. The van der Waals surface area contributed by atoms with E-state index < -0.39 is 0 Å². The molecule has 1 aliphatic rings. The summed E-state index contributed by atoms with van der Waals surface area (Å²) in [7, 11) is 0. The maximum absolute atomic E-state index is 6.61. The minimum absolute atomic E-state index is 0.225. The first-order valence-electron chi connectivity index (χ1n) is 11.0. The average molecular weight is 443 g/mol. The number of hydrogen-bond acceptors (Lipinski definition) is 6. The Labute approximate surface area is 192 Å². The number of fused-ring (bicyclic) bond motifs is 1. The Morgan fingerprint density at radius 1 is 1.06 bits per heavy atom. The minimum Gasteiger partial charge on any atom is -0.487 e. The van der Waals surface area contributed by atoms with Crippen molar-refractivity contribution < 1.29 is 14.2 Å². The van der Waals surface area contributed by atoms with E-state index in [0.29, 0.717) is 18.6 Å². The average Bonchev–Trinajstić information content (AvgIpc) is 3.49. The molecular weight excluding hydrogens is 416 g/mol. The highest BCUT2D eigenvalue weighted by atomic mass is 16.7. The molecule has 0 bridgehead atoms. The van der Waals surface area contributed by atoms with Gasteiger partial charge < -0.3 is 19.9 Å². The topological polar surface area (TPSA) is 95.3 Å². The van der Waals surface area contributed by atoms with Crippen LogP contribution in [0.5, 0.6) is 5.75 Å². The standard InChI is InChI=1S/C26H26N4O3/c1-17-23-11-19(7-8-25(23)30-29-17)20-10-21(14-28-13-20)33-26(12-22-15-31-16-32-22)24(27)9-18-5-3-2-4-6-18/h2-8,10-11,13-15,24,26H,9,12,16,27H2,1H3,(H,29,30)/t24-,26?/m0/s1. The summed E-state index contributed by atoms with van der Waals surface area (Å²) in [5.74, 6) is 1.39. The Balaban J connectivity index is 1.39. The molecule has 3 N–H and O–H groups in total. The highest BCUT2D eigenvalue weighted by Crippen LogP contribution is 2.28. The number of aromatic amines is 1. The monoisotopic (exact) mass is 442 g/mol. The van der Waals surface area contributed by atoms with Gasteiger partial charge >= 0.3 is 0 Å². The van der Waals surface area contributed by atoms with Crippen molar-refractivity contribution >= 4 is 10.9 Å². The predicted octanol–water partition coefficient (Wildman–Crippen LogP) is 4.49. The molecule has 7 nitrogen and oxygen atoms in total. The van der Waals surface area contributed by atoms with E-state index in [4.69, 9.17) is 19.9 Å². The summed E-state index contributed by atoms with van der Waals surface area (Å²) in [6.07, 6.45) is 6.06. The summed E-state index contributed by atoms with van der Waals surface area (Å²) in [5.41, 5.74) is 11.8. The second-order valence-electron chi connectivity index (χ2n) is 8.22. The fourth-order valence-electron chi connectivity index (χ4n) is 4.01. The van der Waals surface area contributed by atoms with Crippen molar-refractivity contribution in [3.63, 3.8) is 0 Å². The van der Waals surface area contributed by atoms with Crippen molar-refractivity contribution in [1.29, 1.82) is 0 Å². The Morgan fingerprint density at radius 3 is 2.76 bits per heavy atom. The third-order valence-electron chi connectivity index (χ3n) is 5.80. The highest BCUT2D eigenvalue weighted by Gasteiger charge is 2.24. The molecule has 168 valence electrons. The molecule has 2 atom stereocenters. The highest BCUT2D eigenvalue weighted by molar-refractivity contribution is 5.86. The number of nitrogens with zero attached hydrogens (tertiary/aromatic N) is 2. The molecule has 1 unspecified atom stereocenters. The Bertz CT molecular complexity index is 1270. The van der Waals surface area contributed by atoms with E-state index in [9.17, 15) is 0 Å². The van der Waals surface area contributed by atoms with Crippen molar-refractivity contribution in [2.24, 2.45) is 5.73 Å². The first-order valence-corrected chi connectivity index (χ1v) is 11.0. The first kappa shape index (κ1) is 21.0. The molecule has 0 saturated carbocycles. The van der Waals surface area contributed by atoms with Gasteiger partial charge in [0, 0.05) is 35.3 Å². The summed E-state index contributed by atoms with van der Waals surface area (Å²) in [6, 6.07) is 18.1. The molecule has 4 aromatic rings. The molecule has 0 saturated heterocycles. The van der Waals surface area contributed by atoms with Gasteiger partial charge in [-0.3, -0.25) is 10.1 Å². The molecular formula is C26H26N4O3. The van der Waals surface area contributed by atoms with Gasteiger partial charge in [0.2, 0.25) is 6.79 Å². The van der Waals surface area contributed by atoms with Crippen LogP contribution >= 0.6 is 0 Å². The van der Waals surface area contributed by atoms with Gasteiger partial charge in [-0.1, -0.05) is 36.4 Å². The van der Waals surface area contributed by atoms with Gasteiger partial charge in [-0.2, -0.15) is 5.10 Å². The van der Waals surface area contributed by atoms with Gasteiger partial charge in [0.15, 0.2) is 0 Å². The Morgan fingerprint density at radius 2 is 1.94 bits per heavy atom. The van der Waals surface area contributed by atoms with Gasteiger partial charge in [-0.25, -0.2) is 0 Å². The second kappa shape index (κ2) is 9.34. The number of benzene rings is 2. The van der Waals surface area contributed by atoms with Crippen molar-refractivity contribution in [2.75, 3.05) is 6.79 Å². The lowest BCUT2D eigenvalue weighted by Gasteiger charge is -2.25. The van der Waals surface area contributed by atoms with Gasteiger partial charge in [-0.15, -0.1) is 0 Å². The van der Waals surface area contributed by atoms with Crippen LogP contribution in [-0.4, -0.2) is 34.1 Å². The van der Waals surface area contributed by atoms with Crippen LogP contribution < -0.4 is 10.5 Å². The van der Waals surface area contributed by atoms with Crippen molar-refractivity contribution in [3.05, 3.63) is 90.3 Å². The molecule has 2 aromatic carbocycles. The van der Waals surface area contributed by atoms with E-state index in [-0.39, 0.29) is 18.9 Å². The predicted molar refractivity (Wildman–Crippen MR) is 126 cm³/mol. The fraction of sp³-hybridized carbons (Fsp3) is 0.231. The van der Waals surface area contributed by atoms with E-state index in [2.05, 4.69) is 33.4 Å². The molecule has 0 fully saturated rings. The molecule has 33 heavy (non-hydrogen) atoms. The van der Waals surface area contributed by atoms with Crippen LogP contribution in [0, 0.1) is 6.92 Å². The number of H-pyrrole nitrogens is 1. The molecule has 3 heterocycles. The van der Waals surface area contributed by atoms with Gasteiger partial charge in [-0.05, 0) is 42.7 Å². The van der Waals surface area contributed by atoms with Crippen molar-refractivity contribution in [2.45, 2.75) is 31.9 Å². The third-order valence-corrected chi connectivity index (χ3v) is 5.80. The van der Waals surface area contributed by atoms with Crippen LogP contribution in [0.2, 0.25) is 0 Å². The lowest BCUT2D eigenvalue weighted by atomic mass is 9.99. The largest absolute Gasteiger partial charge is 0.487 e. The summed E-state index contributed by atoms with van der Waals surface area (Å²) in [5, 5.41) is 8.42. The number of aromatic nitrogens is 3. The van der Waals surface area contributed by atoms with Crippen molar-refractivity contribution in [3.8, 4) is 16.9 Å². The number of pyridine rings is 1. The molecule has 0 aliphatic carbocycles. The molecule has 1 aliphatic heterocycles. The normalized spacial score (nSPS) is 14.9. The molecule has 0 spiro atoms. The smallest absolute Gasteiger partial charge is 0.229 e. The van der Waals surface area contributed by atoms with Crippen molar-refractivity contribution in [1.82, 2.24) is 15.2 Å². The number of rotatable bonds is 8. The second-order valence-corrected chi connectivity index (χ2v) is 8.22. The number of aryl methyl sites for hydroxylation is 1. The lowest BCUT2D eigenvalue weighted by Crippen LogP contribution is -2.41. The quantitative estimate of drug-likeness (QED) is 0.418. The minimum atomic E-state index is -0.311.